The van der Waals surface area contributed by atoms with Gasteiger partial charge in [0.05, 0.1) is 5.56 Å². The number of ketones is 1. The third-order valence-electron chi connectivity index (χ3n) is 1.49. The van der Waals surface area contributed by atoms with E-state index < -0.39 is 3.74 Å². The molecule has 0 aliphatic carbocycles. The van der Waals surface area contributed by atoms with Gasteiger partial charge in [0.1, 0.15) is 9.49 Å². The fraction of sp³-hybridized carbons (Fsp3) is 0.125. The first-order valence-corrected chi connectivity index (χ1v) is 5.26. The van der Waals surface area contributed by atoms with E-state index in [-0.39, 0.29) is 17.1 Å². The molecule has 0 radical (unpaired) electrons. The van der Waals surface area contributed by atoms with Crippen molar-refractivity contribution >= 4 is 43.3 Å². The number of Topliss-reactive ketones (excluding diaryl/α,β-unsaturated/α-hetero) is 1. The van der Waals surface area contributed by atoms with Gasteiger partial charge in [0, 0.05) is 11.8 Å². The Morgan fingerprint density at radius 2 is 2.08 bits per heavy atom. The molecule has 0 aromatic heterocycles. The van der Waals surface area contributed by atoms with Crippen LogP contribution in [0, 0.1) is 0 Å². The average Bonchev–Trinajstić information content (AvgIpc) is 2.03. The van der Waals surface area contributed by atoms with Crippen LogP contribution in [0.5, 0.6) is 5.75 Å². The number of anilines is 1. The fourth-order valence-corrected chi connectivity index (χ4v) is 1.37. The summed E-state index contributed by atoms with van der Waals surface area (Å²) in [5, 5.41) is 9.37. The molecule has 13 heavy (non-hydrogen) atoms. The van der Waals surface area contributed by atoms with Crippen LogP contribution in [0.25, 0.3) is 0 Å². The number of phenolic OH excluding ortho intramolecular Hbond substituents is 1. The lowest BCUT2D eigenvalue weighted by Gasteiger charge is -2.04. The maximum absolute atomic E-state index is 11.4. The molecule has 0 fully saturated rings. The summed E-state index contributed by atoms with van der Waals surface area (Å²) in [7, 11) is 0. The number of nitrogen functional groups attached to an aromatic ring is 1. The van der Waals surface area contributed by atoms with Crippen LogP contribution < -0.4 is 5.73 Å². The van der Waals surface area contributed by atoms with E-state index >= 15 is 0 Å². The third-order valence-corrected chi connectivity index (χ3v) is 2.32. The molecule has 0 saturated carbocycles. The van der Waals surface area contributed by atoms with Gasteiger partial charge in [-0.1, -0.05) is 31.9 Å². The minimum Gasteiger partial charge on any atom is -0.507 e. The molecule has 0 saturated heterocycles. The van der Waals surface area contributed by atoms with Crippen LogP contribution >= 0.6 is 31.9 Å². The lowest BCUT2D eigenvalue weighted by Crippen LogP contribution is -2.07. The lowest BCUT2D eigenvalue weighted by atomic mass is 10.1. The van der Waals surface area contributed by atoms with Crippen molar-refractivity contribution in [2.24, 2.45) is 0 Å². The molecule has 1 rings (SSSR count). The van der Waals surface area contributed by atoms with Gasteiger partial charge in [-0.05, 0) is 12.1 Å². The normalized spacial score (nSPS) is 10.4. The molecule has 0 aliphatic heterocycles. The summed E-state index contributed by atoms with van der Waals surface area (Å²) in [4.78, 5) is 11.4. The second kappa shape index (κ2) is 4.11. The molecule has 0 aliphatic rings. The quantitative estimate of drug-likeness (QED) is 0.500. The van der Waals surface area contributed by atoms with Crippen LogP contribution in [0.3, 0.4) is 0 Å². The fourth-order valence-electron chi connectivity index (χ4n) is 0.875. The van der Waals surface area contributed by atoms with E-state index in [2.05, 4.69) is 31.9 Å². The number of carbonyl (C=O) groups is 1. The Morgan fingerprint density at radius 1 is 1.46 bits per heavy atom. The molecular formula is C8H7Br2NO2. The van der Waals surface area contributed by atoms with Crippen molar-refractivity contribution < 1.29 is 9.90 Å². The molecule has 0 heterocycles. The van der Waals surface area contributed by atoms with Crippen molar-refractivity contribution in [1.82, 2.24) is 0 Å². The highest BCUT2D eigenvalue weighted by Crippen LogP contribution is 2.25. The second-order valence-corrected chi connectivity index (χ2v) is 5.50. The highest BCUT2D eigenvalue weighted by atomic mass is 79.9. The Labute approximate surface area is 92.2 Å². The largest absolute Gasteiger partial charge is 0.507 e. The van der Waals surface area contributed by atoms with Crippen LogP contribution in [0.15, 0.2) is 18.2 Å². The van der Waals surface area contributed by atoms with Crippen LogP contribution in [-0.2, 0) is 0 Å². The third kappa shape index (κ3) is 2.45. The molecule has 0 spiro atoms. The van der Waals surface area contributed by atoms with Crippen LogP contribution in [0.4, 0.5) is 5.69 Å². The zero-order valence-electron chi connectivity index (χ0n) is 6.50. The Morgan fingerprint density at radius 3 is 2.54 bits per heavy atom. The van der Waals surface area contributed by atoms with Gasteiger partial charge in [0.2, 0.25) is 0 Å². The number of carbonyl (C=O) groups excluding carboxylic acids is 1. The first-order chi connectivity index (χ1) is 6.02. The number of aromatic hydroxyl groups is 1. The number of nitrogens with two attached hydrogens (primary N) is 1. The summed E-state index contributed by atoms with van der Waals surface area (Å²) >= 11 is 6.11. The predicted molar refractivity (Wildman–Crippen MR) is 58.5 cm³/mol. The minimum absolute atomic E-state index is 0.103. The van der Waals surface area contributed by atoms with E-state index in [1.165, 1.54) is 12.1 Å². The van der Waals surface area contributed by atoms with E-state index in [4.69, 9.17) is 5.73 Å². The van der Waals surface area contributed by atoms with Crippen LogP contribution in [-0.4, -0.2) is 14.6 Å². The molecule has 70 valence electrons. The number of phenols is 1. The molecule has 0 bridgehead atoms. The Hall–Kier alpha value is -0.550. The van der Waals surface area contributed by atoms with Gasteiger partial charge < -0.3 is 10.8 Å². The molecule has 1 aromatic rings. The van der Waals surface area contributed by atoms with Crippen molar-refractivity contribution in [2.75, 3.05) is 5.73 Å². The topological polar surface area (TPSA) is 63.3 Å². The Balaban J connectivity index is 3.09. The van der Waals surface area contributed by atoms with Gasteiger partial charge >= 0.3 is 0 Å². The van der Waals surface area contributed by atoms with Crippen molar-refractivity contribution in [3.05, 3.63) is 23.8 Å². The summed E-state index contributed by atoms with van der Waals surface area (Å²) in [6.45, 7) is 0. The standard InChI is InChI=1S/C8H7Br2NO2/c9-8(10)7(13)5-2-1-4(11)3-6(5)12/h1-3,8,12H,11H2. The molecule has 1 aromatic carbocycles. The van der Waals surface area contributed by atoms with Gasteiger partial charge in [-0.3, -0.25) is 4.79 Å². The molecule has 0 atom stereocenters. The smallest absolute Gasteiger partial charge is 0.190 e. The number of alkyl halides is 2. The van der Waals surface area contributed by atoms with Crippen molar-refractivity contribution in [3.63, 3.8) is 0 Å². The minimum atomic E-state index is -0.491. The Bertz CT molecular complexity index is 339. The monoisotopic (exact) mass is 307 g/mol. The van der Waals surface area contributed by atoms with E-state index in [1.54, 1.807) is 6.07 Å². The predicted octanol–water partition coefficient (Wildman–Crippen LogP) is 2.27. The zero-order chi connectivity index (χ0) is 10.0. The highest BCUT2D eigenvalue weighted by molar-refractivity contribution is 9.25. The van der Waals surface area contributed by atoms with Crippen LogP contribution in [0.2, 0.25) is 0 Å². The number of rotatable bonds is 2. The van der Waals surface area contributed by atoms with Crippen molar-refractivity contribution in [1.29, 1.82) is 0 Å². The highest BCUT2D eigenvalue weighted by Gasteiger charge is 2.16. The SMILES string of the molecule is Nc1ccc(C(=O)C(Br)Br)c(O)c1. The molecule has 5 heteroatoms. The van der Waals surface area contributed by atoms with Gasteiger partial charge in [-0.2, -0.15) is 0 Å². The Kier molecular flexibility index (Phi) is 3.33. The maximum Gasteiger partial charge on any atom is 0.190 e. The first-order valence-electron chi connectivity index (χ1n) is 3.43. The summed E-state index contributed by atoms with van der Waals surface area (Å²) in [5.74, 6) is -0.341. The summed E-state index contributed by atoms with van der Waals surface area (Å²) in [5.41, 5.74) is 6.08. The summed E-state index contributed by atoms with van der Waals surface area (Å²) in [6, 6.07) is 4.40. The van der Waals surface area contributed by atoms with Gasteiger partial charge in [0.15, 0.2) is 5.78 Å². The van der Waals surface area contributed by atoms with Gasteiger partial charge in [0.25, 0.3) is 0 Å². The number of benzene rings is 1. The summed E-state index contributed by atoms with van der Waals surface area (Å²) < 4.78 is -0.491. The van der Waals surface area contributed by atoms with Gasteiger partial charge in [-0.15, -0.1) is 0 Å². The molecule has 3 nitrogen and oxygen atoms in total. The number of hydrogen-bond acceptors (Lipinski definition) is 3. The maximum atomic E-state index is 11.4. The van der Waals surface area contributed by atoms with Crippen molar-refractivity contribution in [2.45, 2.75) is 3.74 Å². The number of hydrogen-bond donors (Lipinski definition) is 2. The number of halogens is 2. The molecule has 0 unspecified atom stereocenters. The van der Waals surface area contributed by atoms with E-state index in [0.717, 1.165) is 0 Å². The van der Waals surface area contributed by atoms with E-state index in [9.17, 15) is 9.90 Å². The van der Waals surface area contributed by atoms with Crippen molar-refractivity contribution in [3.8, 4) is 5.75 Å². The van der Waals surface area contributed by atoms with Crippen LogP contribution in [0.1, 0.15) is 10.4 Å². The second-order valence-electron chi connectivity index (χ2n) is 2.44. The first kappa shape index (κ1) is 10.5. The van der Waals surface area contributed by atoms with E-state index in [0.29, 0.717) is 5.69 Å². The molecule has 3 N–H and O–H groups in total. The zero-order valence-corrected chi connectivity index (χ0v) is 9.67. The molecular weight excluding hydrogens is 302 g/mol. The molecule has 0 amide bonds. The van der Waals surface area contributed by atoms with E-state index in [1.807, 2.05) is 0 Å². The van der Waals surface area contributed by atoms with Gasteiger partial charge in [-0.25, -0.2) is 0 Å². The average molecular weight is 309 g/mol. The lowest BCUT2D eigenvalue weighted by molar-refractivity contribution is 0.101. The summed E-state index contributed by atoms with van der Waals surface area (Å²) in [6.07, 6.45) is 0.